The lowest BCUT2D eigenvalue weighted by atomic mass is 9.93. The predicted molar refractivity (Wildman–Crippen MR) is 90.9 cm³/mol. The van der Waals surface area contributed by atoms with Gasteiger partial charge in [0.2, 0.25) is 11.6 Å². The van der Waals surface area contributed by atoms with Gasteiger partial charge in [0, 0.05) is 32.6 Å². The second-order valence-electron chi connectivity index (χ2n) is 6.97. The van der Waals surface area contributed by atoms with E-state index in [0.717, 1.165) is 62.5 Å². The van der Waals surface area contributed by atoms with Crippen LogP contribution in [0.1, 0.15) is 37.8 Å². The van der Waals surface area contributed by atoms with E-state index in [2.05, 4.69) is 26.3 Å². The van der Waals surface area contributed by atoms with Crippen molar-refractivity contribution in [2.24, 2.45) is 5.92 Å². The monoisotopic (exact) mass is 328 g/mol. The second kappa shape index (κ2) is 6.37. The summed E-state index contributed by atoms with van der Waals surface area (Å²) in [6.07, 6.45) is 6.91. The number of aromatic nitrogens is 4. The van der Waals surface area contributed by atoms with Crippen molar-refractivity contribution in [1.82, 2.24) is 24.7 Å². The van der Waals surface area contributed by atoms with Gasteiger partial charge in [-0.1, -0.05) is 0 Å². The summed E-state index contributed by atoms with van der Waals surface area (Å²) < 4.78 is 1.76. The Kier molecular flexibility index (Phi) is 4.08. The molecule has 128 valence electrons. The fourth-order valence-electron chi connectivity index (χ4n) is 3.91. The normalized spacial score (nSPS) is 19.6. The van der Waals surface area contributed by atoms with Gasteiger partial charge in [-0.25, -0.2) is 0 Å². The molecule has 0 unspecified atom stereocenters. The highest BCUT2D eigenvalue weighted by atomic mass is 16.2. The maximum Gasteiger partial charge on any atom is 0.222 e. The molecular weight excluding hydrogens is 304 g/mol. The molecule has 24 heavy (non-hydrogen) atoms. The van der Waals surface area contributed by atoms with Crippen LogP contribution in [0.5, 0.6) is 0 Å². The topological polar surface area (TPSA) is 66.6 Å². The molecule has 7 nitrogen and oxygen atoms in total. The summed E-state index contributed by atoms with van der Waals surface area (Å²) in [6, 6.07) is 2.10. The molecule has 0 bridgehead atoms. The quantitative estimate of drug-likeness (QED) is 0.854. The zero-order valence-electron chi connectivity index (χ0n) is 14.2. The third-order valence-corrected chi connectivity index (χ3v) is 5.30. The fraction of sp³-hybridized carbons (Fsp3) is 0.647. The van der Waals surface area contributed by atoms with E-state index in [1.165, 1.54) is 12.8 Å². The Morgan fingerprint density at radius 1 is 1.25 bits per heavy atom. The first-order valence-corrected chi connectivity index (χ1v) is 8.91. The minimum Gasteiger partial charge on any atom is -0.368 e. The number of nitrogens with zero attached hydrogens (tertiary/aromatic N) is 6. The Hall–Kier alpha value is -2.18. The molecule has 0 spiro atoms. The number of rotatable bonds is 4. The molecule has 4 rings (SSSR count). The first-order valence-electron chi connectivity index (χ1n) is 8.91. The summed E-state index contributed by atoms with van der Waals surface area (Å²) in [5.74, 6) is 1.06. The van der Waals surface area contributed by atoms with Gasteiger partial charge in [0.05, 0.1) is 11.4 Å². The van der Waals surface area contributed by atoms with Crippen molar-refractivity contribution >= 4 is 17.2 Å². The molecule has 7 heteroatoms. The van der Waals surface area contributed by atoms with E-state index >= 15 is 0 Å². The molecule has 2 aromatic heterocycles. The number of carbonyl (C=O) groups is 1. The molecule has 2 saturated heterocycles. The highest BCUT2D eigenvalue weighted by Crippen LogP contribution is 2.28. The molecule has 0 N–H and O–H groups in total. The van der Waals surface area contributed by atoms with Crippen LogP contribution in [-0.4, -0.2) is 56.8 Å². The first kappa shape index (κ1) is 15.4. The van der Waals surface area contributed by atoms with Gasteiger partial charge < -0.3 is 9.80 Å². The summed E-state index contributed by atoms with van der Waals surface area (Å²) in [4.78, 5) is 16.2. The predicted octanol–water partition coefficient (Wildman–Crippen LogP) is 1.66. The van der Waals surface area contributed by atoms with E-state index in [0.29, 0.717) is 11.8 Å². The molecule has 0 atom stereocenters. The molecule has 2 aliphatic heterocycles. The fourth-order valence-corrected chi connectivity index (χ4v) is 3.91. The van der Waals surface area contributed by atoms with E-state index in [-0.39, 0.29) is 0 Å². The van der Waals surface area contributed by atoms with Crippen LogP contribution in [-0.2, 0) is 4.79 Å². The Labute approximate surface area is 141 Å². The molecule has 2 aliphatic rings. The highest BCUT2D eigenvalue weighted by molar-refractivity contribution is 5.78. The summed E-state index contributed by atoms with van der Waals surface area (Å²) >= 11 is 0. The third kappa shape index (κ3) is 2.95. The van der Waals surface area contributed by atoms with Crippen molar-refractivity contribution in [2.75, 3.05) is 31.1 Å². The van der Waals surface area contributed by atoms with Crippen LogP contribution in [0.4, 0.5) is 5.69 Å². The number of hydrogen-bond acceptors (Lipinski definition) is 5. The van der Waals surface area contributed by atoms with Crippen LogP contribution < -0.4 is 4.90 Å². The average molecular weight is 328 g/mol. The van der Waals surface area contributed by atoms with Crippen molar-refractivity contribution in [1.29, 1.82) is 0 Å². The molecule has 0 aromatic carbocycles. The zero-order chi connectivity index (χ0) is 16.5. The highest BCUT2D eigenvalue weighted by Gasteiger charge is 2.25. The first-order chi connectivity index (χ1) is 11.7. The minimum absolute atomic E-state index is 0.342. The number of hydrogen-bond donors (Lipinski definition) is 0. The molecule has 2 aromatic rings. The van der Waals surface area contributed by atoms with Gasteiger partial charge >= 0.3 is 0 Å². The van der Waals surface area contributed by atoms with Gasteiger partial charge in [-0.05, 0) is 44.6 Å². The van der Waals surface area contributed by atoms with Crippen LogP contribution in [0.2, 0.25) is 0 Å². The molecule has 2 fully saturated rings. The van der Waals surface area contributed by atoms with E-state index in [9.17, 15) is 4.79 Å². The zero-order valence-corrected chi connectivity index (χ0v) is 14.2. The summed E-state index contributed by atoms with van der Waals surface area (Å²) in [5, 5.41) is 12.6. The van der Waals surface area contributed by atoms with Crippen molar-refractivity contribution in [3.8, 4) is 0 Å². The molecule has 0 radical (unpaired) electrons. The van der Waals surface area contributed by atoms with Gasteiger partial charge in [0.15, 0.2) is 0 Å². The molecule has 0 saturated carbocycles. The van der Waals surface area contributed by atoms with Crippen LogP contribution in [0.25, 0.3) is 5.65 Å². The van der Waals surface area contributed by atoms with Crippen molar-refractivity contribution in [3.63, 3.8) is 0 Å². The molecule has 0 aliphatic carbocycles. The summed E-state index contributed by atoms with van der Waals surface area (Å²) in [7, 11) is 0. The van der Waals surface area contributed by atoms with Gasteiger partial charge in [-0.2, -0.15) is 9.61 Å². The number of fused-ring (bicyclic) bond motifs is 1. The van der Waals surface area contributed by atoms with Gasteiger partial charge in [-0.15, -0.1) is 10.2 Å². The number of amides is 1. The van der Waals surface area contributed by atoms with Crippen LogP contribution >= 0.6 is 0 Å². The van der Waals surface area contributed by atoms with Crippen molar-refractivity contribution < 1.29 is 4.79 Å². The van der Waals surface area contributed by atoms with Crippen LogP contribution in [0.3, 0.4) is 0 Å². The van der Waals surface area contributed by atoms with E-state index in [1.54, 1.807) is 10.8 Å². The Morgan fingerprint density at radius 3 is 2.83 bits per heavy atom. The summed E-state index contributed by atoms with van der Waals surface area (Å²) in [5.41, 5.74) is 2.95. The van der Waals surface area contributed by atoms with Gasteiger partial charge in [-0.3, -0.25) is 4.79 Å². The van der Waals surface area contributed by atoms with Crippen molar-refractivity contribution in [2.45, 2.75) is 39.0 Å². The van der Waals surface area contributed by atoms with Crippen molar-refractivity contribution in [3.05, 3.63) is 18.1 Å². The SMILES string of the molecule is Cc1cc(N2CCC(CCN3CCCC3=O)CC2)c2nncn2n1. The third-order valence-electron chi connectivity index (χ3n) is 5.30. The second-order valence-corrected chi connectivity index (χ2v) is 6.97. The number of carbonyl (C=O) groups excluding carboxylic acids is 1. The molecule has 1 amide bonds. The Balaban J connectivity index is 1.37. The number of likely N-dealkylation sites (tertiary alicyclic amines) is 1. The van der Waals surface area contributed by atoms with E-state index in [1.807, 2.05) is 11.8 Å². The standard InChI is InChI=1S/C17H24N6O/c1-13-11-15(17-19-18-12-23(17)20-13)21-8-4-14(5-9-21)6-10-22-7-2-3-16(22)24/h11-12,14H,2-10H2,1H3. The lowest BCUT2D eigenvalue weighted by molar-refractivity contribution is -0.127. The van der Waals surface area contributed by atoms with Crippen LogP contribution in [0, 0.1) is 12.8 Å². The largest absolute Gasteiger partial charge is 0.368 e. The van der Waals surface area contributed by atoms with E-state index < -0.39 is 0 Å². The van der Waals surface area contributed by atoms with E-state index in [4.69, 9.17) is 0 Å². The summed E-state index contributed by atoms with van der Waals surface area (Å²) in [6.45, 7) is 5.96. The number of aryl methyl sites for hydroxylation is 1. The lowest BCUT2D eigenvalue weighted by Gasteiger charge is -2.34. The Bertz CT molecular complexity index is 734. The number of anilines is 1. The lowest BCUT2D eigenvalue weighted by Crippen LogP contribution is -2.36. The van der Waals surface area contributed by atoms with Gasteiger partial charge in [0.1, 0.15) is 6.33 Å². The minimum atomic E-state index is 0.342. The smallest absolute Gasteiger partial charge is 0.222 e. The van der Waals surface area contributed by atoms with Gasteiger partial charge in [0.25, 0.3) is 0 Å². The van der Waals surface area contributed by atoms with Crippen LogP contribution in [0.15, 0.2) is 12.4 Å². The molecular formula is C17H24N6O. The maximum atomic E-state index is 11.7. The average Bonchev–Trinajstić information content (AvgIpc) is 3.21. The Morgan fingerprint density at radius 2 is 2.08 bits per heavy atom. The maximum absolute atomic E-state index is 11.7. The number of piperidine rings is 1. The molecule has 4 heterocycles.